The van der Waals surface area contributed by atoms with Crippen molar-refractivity contribution in [2.75, 3.05) is 39.3 Å². The molecule has 0 bridgehead atoms. The van der Waals surface area contributed by atoms with Crippen LogP contribution in [0.2, 0.25) is 0 Å². The van der Waals surface area contributed by atoms with E-state index in [9.17, 15) is 4.79 Å². The molecule has 0 aromatic carbocycles. The Labute approximate surface area is 132 Å². The van der Waals surface area contributed by atoms with Crippen molar-refractivity contribution in [2.45, 2.75) is 20.3 Å². The Bertz CT molecular complexity index is 501. The van der Waals surface area contributed by atoms with Crippen LogP contribution in [0.1, 0.15) is 36.5 Å². The maximum atomic E-state index is 11.4. The van der Waals surface area contributed by atoms with Gasteiger partial charge >= 0.3 is 0 Å². The van der Waals surface area contributed by atoms with Crippen LogP contribution in [0.15, 0.2) is 23.2 Å². The average molecular weight is 305 g/mol. The molecule has 0 aliphatic carbocycles. The molecule has 0 radical (unpaired) electrons. The van der Waals surface area contributed by atoms with Gasteiger partial charge in [0.25, 0.3) is 0 Å². The second-order valence-corrected chi connectivity index (χ2v) is 5.20. The number of carbonyl (C=O) groups is 1. The van der Waals surface area contributed by atoms with Crippen LogP contribution in [0.4, 0.5) is 0 Å². The zero-order chi connectivity index (χ0) is 16.4. The molecule has 4 N–H and O–H groups in total. The van der Waals surface area contributed by atoms with Crippen molar-refractivity contribution in [1.82, 2.24) is 9.88 Å². The molecule has 6 nitrogen and oxygen atoms in total. The fourth-order valence-corrected chi connectivity index (χ4v) is 2.11. The van der Waals surface area contributed by atoms with Crippen LogP contribution in [0.3, 0.4) is 0 Å². The lowest BCUT2D eigenvalue weighted by Crippen LogP contribution is -2.33. The average Bonchev–Trinajstić information content (AvgIpc) is 2.52. The molecule has 0 amide bonds. The summed E-state index contributed by atoms with van der Waals surface area (Å²) in [4.78, 5) is 22.5. The van der Waals surface area contributed by atoms with Crippen molar-refractivity contribution >= 4 is 11.5 Å². The molecule has 0 saturated heterocycles. The van der Waals surface area contributed by atoms with Crippen molar-refractivity contribution in [2.24, 2.45) is 16.5 Å². The number of aromatic nitrogens is 1. The first-order valence-corrected chi connectivity index (χ1v) is 7.70. The van der Waals surface area contributed by atoms with Crippen molar-refractivity contribution < 1.29 is 4.79 Å². The largest absolute Gasteiger partial charge is 0.330 e. The monoisotopic (exact) mass is 305 g/mol. The van der Waals surface area contributed by atoms with E-state index in [-0.39, 0.29) is 5.78 Å². The molecular weight excluding hydrogens is 278 g/mol. The molecule has 1 aromatic rings. The lowest BCUT2D eigenvalue weighted by molar-refractivity contribution is 0.101. The third kappa shape index (κ3) is 6.43. The van der Waals surface area contributed by atoms with E-state index >= 15 is 0 Å². The molecule has 122 valence electrons. The summed E-state index contributed by atoms with van der Waals surface area (Å²) in [7, 11) is 0. The topological polar surface area (TPSA) is 97.6 Å². The fourth-order valence-electron chi connectivity index (χ4n) is 2.11. The Morgan fingerprint density at radius 2 is 1.86 bits per heavy atom. The normalized spacial score (nSPS) is 12.0. The molecule has 1 rings (SSSR count). The summed E-state index contributed by atoms with van der Waals surface area (Å²) >= 11 is 0. The number of hydrogen-bond donors (Lipinski definition) is 2. The van der Waals surface area contributed by atoms with Crippen LogP contribution in [0.25, 0.3) is 0 Å². The molecule has 0 spiro atoms. The molecule has 0 fully saturated rings. The first kappa shape index (κ1) is 18.4. The van der Waals surface area contributed by atoms with Crippen LogP contribution in [0.5, 0.6) is 0 Å². The van der Waals surface area contributed by atoms with Gasteiger partial charge in [-0.3, -0.25) is 9.79 Å². The first-order valence-electron chi connectivity index (χ1n) is 7.70. The summed E-state index contributed by atoms with van der Waals surface area (Å²) in [5, 5.41) is 0. The molecule has 0 unspecified atom stereocenters. The Morgan fingerprint density at radius 3 is 2.50 bits per heavy atom. The predicted molar refractivity (Wildman–Crippen MR) is 90.5 cm³/mol. The van der Waals surface area contributed by atoms with Crippen LogP contribution in [-0.2, 0) is 0 Å². The maximum absolute atomic E-state index is 11.4. The van der Waals surface area contributed by atoms with E-state index in [1.165, 1.54) is 6.92 Å². The number of nitrogens with two attached hydrogens (primary N) is 2. The molecule has 0 saturated carbocycles. The van der Waals surface area contributed by atoms with Gasteiger partial charge in [0, 0.05) is 26.6 Å². The zero-order valence-corrected chi connectivity index (χ0v) is 13.6. The van der Waals surface area contributed by atoms with Crippen LogP contribution in [-0.4, -0.2) is 60.6 Å². The second-order valence-electron chi connectivity index (χ2n) is 5.20. The van der Waals surface area contributed by atoms with Gasteiger partial charge in [0.1, 0.15) is 5.69 Å². The zero-order valence-electron chi connectivity index (χ0n) is 13.6. The summed E-state index contributed by atoms with van der Waals surface area (Å²) in [6.45, 7) is 8.08. The third-order valence-corrected chi connectivity index (χ3v) is 3.37. The highest BCUT2D eigenvalue weighted by Crippen LogP contribution is 2.02. The van der Waals surface area contributed by atoms with Crippen molar-refractivity contribution in [3.63, 3.8) is 0 Å². The van der Waals surface area contributed by atoms with E-state index in [0.717, 1.165) is 37.5 Å². The first-order chi connectivity index (χ1) is 10.6. The van der Waals surface area contributed by atoms with Crippen molar-refractivity contribution in [1.29, 1.82) is 0 Å². The minimum atomic E-state index is -0.0365. The standard InChI is InChI=1S/C16H27N5O/c1-13(15-5-3-6-16(20-15)14(2)22)19-9-12-21(11-8-18)10-4-7-17/h3,5-6H,4,7-12,17-18H2,1-2H3. The minimum absolute atomic E-state index is 0.0365. The highest BCUT2D eigenvalue weighted by molar-refractivity contribution is 5.99. The van der Waals surface area contributed by atoms with Gasteiger partial charge in [-0.05, 0) is 38.6 Å². The van der Waals surface area contributed by atoms with Gasteiger partial charge in [-0.1, -0.05) is 6.07 Å². The molecular formula is C16H27N5O. The summed E-state index contributed by atoms with van der Waals surface area (Å²) in [5.41, 5.74) is 13.2. The van der Waals surface area contributed by atoms with E-state index in [4.69, 9.17) is 11.5 Å². The Morgan fingerprint density at radius 1 is 1.14 bits per heavy atom. The number of hydrogen-bond acceptors (Lipinski definition) is 6. The molecule has 1 heterocycles. The van der Waals surface area contributed by atoms with E-state index in [0.29, 0.717) is 25.3 Å². The quantitative estimate of drug-likeness (QED) is 0.490. The number of ketones is 1. The van der Waals surface area contributed by atoms with Gasteiger partial charge in [-0.25, -0.2) is 4.98 Å². The molecule has 6 heteroatoms. The van der Waals surface area contributed by atoms with Crippen LogP contribution >= 0.6 is 0 Å². The molecule has 0 atom stereocenters. The fraction of sp³-hybridized carbons (Fsp3) is 0.562. The van der Waals surface area contributed by atoms with Crippen LogP contribution < -0.4 is 11.5 Å². The molecule has 1 aromatic heterocycles. The maximum Gasteiger partial charge on any atom is 0.178 e. The van der Waals surface area contributed by atoms with Gasteiger partial charge in [0.2, 0.25) is 0 Å². The van der Waals surface area contributed by atoms with Crippen molar-refractivity contribution in [3.8, 4) is 0 Å². The summed E-state index contributed by atoms with van der Waals surface area (Å²) in [6, 6.07) is 5.42. The number of nitrogens with zero attached hydrogens (tertiary/aromatic N) is 3. The number of Topliss-reactive ketones (excluding diaryl/α,β-unsaturated/α-hetero) is 1. The van der Waals surface area contributed by atoms with Crippen molar-refractivity contribution in [3.05, 3.63) is 29.6 Å². The minimum Gasteiger partial charge on any atom is -0.330 e. The van der Waals surface area contributed by atoms with Crippen LogP contribution in [0, 0.1) is 0 Å². The van der Waals surface area contributed by atoms with E-state index in [2.05, 4.69) is 14.9 Å². The number of aliphatic imine (C=N–C) groups is 1. The Kier molecular flexibility index (Phi) is 8.50. The third-order valence-electron chi connectivity index (χ3n) is 3.37. The summed E-state index contributed by atoms with van der Waals surface area (Å²) in [5.74, 6) is -0.0365. The lowest BCUT2D eigenvalue weighted by atomic mass is 10.2. The highest BCUT2D eigenvalue weighted by Gasteiger charge is 2.06. The number of carbonyl (C=O) groups excluding carboxylic acids is 1. The predicted octanol–water partition coefficient (Wildman–Crippen LogP) is 0.703. The molecule has 0 aliphatic rings. The number of rotatable bonds is 10. The smallest absolute Gasteiger partial charge is 0.178 e. The SMILES string of the molecule is CC(=O)c1cccc(C(C)=NCCN(CCN)CCCN)n1. The molecule has 22 heavy (non-hydrogen) atoms. The van der Waals surface area contributed by atoms with Gasteiger partial charge in [-0.15, -0.1) is 0 Å². The van der Waals surface area contributed by atoms with Gasteiger partial charge < -0.3 is 16.4 Å². The van der Waals surface area contributed by atoms with E-state index in [1.807, 2.05) is 19.1 Å². The Balaban J connectivity index is 2.60. The Hall–Kier alpha value is -1.63. The highest BCUT2D eigenvalue weighted by atomic mass is 16.1. The van der Waals surface area contributed by atoms with Gasteiger partial charge in [0.15, 0.2) is 5.78 Å². The summed E-state index contributed by atoms with van der Waals surface area (Å²) in [6.07, 6.45) is 0.963. The second kappa shape index (κ2) is 10.2. The number of pyridine rings is 1. The van der Waals surface area contributed by atoms with E-state index in [1.54, 1.807) is 6.07 Å². The van der Waals surface area contributed by atoms with E-state index < -0.39 is 0 Å². The van der Waals surface area contributed by atoms with Gasteiger partial charge in [-0.2, -0.15) is 0 Å². The lowest BCUT2D eigenvalue weighted by Gasteiger charge is -2.20. The van der Waals surface area contributed by atoms with Gasteiger partial charge in [0.05, 0.1) is 18.0 Å². The summed E-state index contributed by atoms with van der Waals surface area (Å²) < 4.78 is 0. The molecule has 0 aliphatic heterocycles.